The molecular formula is C21H33N5O2. The molecule has 1 amide bonds. The van der Waals surface area contributed by atoms with Crippen LogP contribution >= 0.6 is 0 Å². The minimum Gasteiger partial charge on any atom is -0.444 e. The first-order valence-electron chi connectivity index (χ1n) is 10.6. The minimum absolute atomic E-state index is 0.132. The van der Waals surface area contributed by atoms with Crippen LogP contribution in [0.15, 0.2) is 0 Å². The third-order valence-electron chi connectivity index (χ3n) is 6.45. The summed E-state index contributed by atoms with van der Waals surface area (Å²) in [5, 5.41) is 0. The topological polar surface area (TPSA) is 84.6 Å². The van der Waals surface area contributed by atoms with Gasteiger partial charge >= 0.3 is 6.09 Å². The van der Waals surface area contributed by atoms with Crippen molar-refractivity contribution in [1.29, 1.82) is 0 Å². The number of likely N-dealkylation sites (N-methyl/N-ethyl adjacent to an activating group) is 1. The third-order valence-corrected chi connectivity index (χ3v) is 6.45. The molecule has 2 N–H and O–H groups in total. The Bertz CT molecular complexity index is 754. The van der Waals surface area contributed by atoms with Crippen LogP contribution < -0.4 is 10.6 Å². The zero-order valence-corrected chi connectivity index (χ0v) is 17.6. The van der Waals surface area contributed by atoms with E-state index in [1.165, 1.54) is 43.4 Å². The van der Waals surface area contributed by atoms with Gasteiger partial charge in [0.1, 0.15) is 11.4 Å². The molecule has 1 aromatic rings. The molecule has 1 saturated carbocycles. The lowest BCUT2D eigenvalue weighted by atomic mass is 9.70. The van der Waals surface area contributed by atoms with Gasteiger partial charge in [0, 0.05) is 31.6 Å². The van der Waals surface area contributed by atoms with Crippen molar-refractivity contribution in [1.82, 2.24) is 14.9 Å². The number of fused-ring (bicyclic) bond motifs is 3. The highest BCUT2D eigenvalue weighted by molar-refractivity contribution is 5.69. The molecule has 1 saturated heterocycles. The Morgan fingerprint density at radius 1 is 1.18 bits per heavy atom. The first kappa shape index (κ1) is 19.3. The summed E-state index contributed by atoms with van der Waals surface area (Å²) in [4.78, 5) is 25.5. The molecule has 1 aliphatic heterocycles. The highest BCUT2D eigenvalue weighted by Gasteiger charge is 2.39. The second kappa shape index (κ2) is 7.08. The van der Waals surface area contributed by atoms with Crippen LogP contribution in [-0.4, -0.2) is 52.7 Å². The summed E-state index contributed by atoms with van der Waals surface area (Å²) in [6.45, 7) is 7.18. The lowest BCUT2D eigenvalue weighted by molar-refractivity contribution is 0.0196. The highest BCUT2D eigenvalue weighted by atomic mass is 16.6. The van der Waals surface area contributed by atoms with E-state index < -0.39 is 5.60 Å². The Balaban J connectivity index is 1.48. The monoisotopic (exact) mass is 387 g/mol. The number of nitrogens with two attached hydrogens (primary N) is 1. The number of carbonyl (C=O) groups is 1. The molecule has 0 radical (unpaired) electrons. The van der Waals surface area contributed by atoms with Crippen LogP contribution in [0.5, 0.6) is 0 Å². The summed E-state index contributed by atoms with van der Waals surface area (Å²) < 4.78 is 5.49. The van der Waals surface area contributed by atoms with Crippen molar-refractivity contribution < 1.29 is 9.53 Å². The fourth-order valence-corrected chi connectivity index (χ4v) is 4.91. The molecule has 7 nitrogen and oxygen atoms in total. The zero-order valence-electron chi connectivity index (χ0n) is 17.6. The molecule has 2 atom stereocenters. The van der Waals surface area contributed by atoms with E-state index >= 15 is 0 Å². The number of hydrogen-bond donors (Lipinski definition) is 1. The van der Waals surface area contributed by atoms with Gasteiger partial charge in [0.2, 0.25) is 5.95 Å². The second-order valence-corrected chi connectivity index (χ2v) is 9.61. The van der Waals surface area contributed by atoms with Crippen LogP contribution in [0.2, 0.25) is 0 Å². The molecule has 1 aromatic heterocycles. The molecule has 0 unspecified atom stereocenters. The maximum absolute atomic E-state index is 12.3. The summed E-state index contributed by atoms with van der Waals surface area (Å²) in [6.07, 6.45) is 7.16. The van der Waals surface area contributed by atoms with Gasteiger partial charge in [-0.1, -0.05) is 12.8 Å². The number of rotatable bonds is 2. The van der Waals surface area contributed by atoms with Crippen molar-refractivity contribution >= 4 is 17.9 Å². The van der Waals surface area contributed by atoms with Crippen molar-refractivity contribution in [2.75, 3.05) is 30.8 Å². The zero-order chi connectivity index (χ0) is 20.1. The van der Waals surface area contributed by atoms with Gasteiger partial charge in [-0.05, 0) is 52.4 Å². The van der Waals surface area contributed by atoms with Crippen molar-refractivity contribution in [3.63, 3.8) is 0 Å². The van der Waals surface area contributed by atoms with Crippen LogP contribution in [-0.2, 0) is 11.2 Å². The number of anilines is 2. The molecule has 2 heterocycles. The number of nitrogens with zero attached hydrogens (tertiary/aromatic N) is 4. The van der Waals surface area contributed by atoms with Crippen LogP contribution in [0.1, 0.15) is 70.1 Å². The van der Waals surface area contributed by atoms with Gasteiger partial charge in [-0.25, -0.2) is 9.78 Å². The smallest absolute Gasteiger partial charge is 0.410 e. The van der Waals surface area contributed by atoms with Gasteiger partial charge in [-0.3, -0.25) is 0 Å². The van der Waals surface area contributed by atoms with E-state index in [1.807, 2.05) is 27.8 Å². The third kappa shape index (κ3) is 3.63. The largest absolute Gasteiger partial charge is 0.444 e. The van der Waals surface area contributed by atoms with Crippen molar-refractivity contribution in [2.45, 2.75) is 76.9 Å². The van der Waals surface area contributed by atoms with Gasteiger partial charge in [-0.2, -0.15) is 4.98 Å². The van der Waals surface area contributed by atoms with E-state index in [2.05, 4.69) is 14.9 Å². The minimum atomic E-state index is -0.481. The van der Waals surface area contributed by atoms with Crippen LogP contribution in [0.25, 0.3) is 0 Å². The standard InChI is InChI=1S/C21H33N5O2/c1-21(2,3)28-20(27)25(4)14-11-26(12-14)18-16-10-9-13-7-5-6-8-15(13)17(16)23-19(22)24-18/h13-15H,5-12H2,1-4H3,(H2,22,23,24)/t13-,15+/m1/s1. The molecule has 0 spiro atoms. The van der Waals surface area contributed by atoms with Crippen LogP contribution in [0, 0.1) is 5.92 Å². The first-order valence-corrected chi connectivity index (χ1v) is 10.6. The number of carbonyl (C=O) groups excluding carboxylic acids is 1. The van der Waals surface area contributed by atoms with Crippen LogP contribution in [0.3, 0.4) is 0 Å². The van der Waals surface area contributed by atoms with Crippen molar-refractivity contribution in [2.24, 2.45) is 5.92 Å². The molecule has 0 bridgehead atoms. The Labute approximate surface area is 167 Å². The second-order valence-electron chi connectivity index (χ2n) is 9.61. The summed E-state index contributed by atoms with van der Waals surface area (Å²) >= 11 is 0. The Morgan fingerprint density at radius 3 is 2.61 bits per heavy atom. The average molecular weight is 388 g/mol. The molecule has 3 aliphatic rings. The summed E-state index contributed by atoms with van der Waals surface area (Å²) in [7, 11) is 1.81. The molecule has 0 aromatic carbocycles. The predicted molar refractivity (Wildman–Crippen MR) is 109 cm³/mol. The normalized spacial score (nSPS) is 24.8. The lowest BCUT2D eigenvalue weighted by Crippen LogP contribution is -2.61. The molecule has 2 aliphatic carbocycles. The Hall–Kier alpha value is -2.05. The molecule has 7 heteroatoms. The van der Waals surface area contributed by atoms with E-state index in [1.54, 1.807) is 4.90 Å². The lowest BCUT2D eigenvalue weighted by Gasteiger charge is -2.46. The van der Waals surface area contributed by atoms with E-state index in [0.717, 1.165) is 31.2 Å². The van der Waals surface area contributed by atoms with Gasteiger partial charge in [-0.15, -0.1) is 0 Å². The number of aromatic nitrogens is 2. The summed E-state index contributed by atoms with van der Waals surface area (Å²) in [5.41, 5.74) is 8.10. The van der Waals surface area contributed by atoms with E-state index in [0.29, 0.717) is 11.9 Å². The highest BCUT2D eigenvalue weighted by Crippen LogP contribution is 2.46. The van der Waals surface area contributed by atoms with Crippen molar-refractivity contribution in [3.8, 4) is 0 Å². The SMILES string of the molecule is CN(C(=O)OC(C)(C)C)C1CN(c2nc(N)nc3c2CC[C@H]2CCCC[C@H]32)C1. The number of amides is 1. The maximum Gasteiger partial charge on any atom is 0.410 e. The quantitative estimate of drug-likeness (QED) is 0.838. The molecule has 28 heavy (non-hydrogen) atoms. The summed E-state index contributed by atoms with van der Waals surface area (Å²) in [5.74, 6) is 2.66. The Kier molecular flexibility index (Phi) is 4.88. The molecule has 2 fully saturated rings. The molecular weight excluding hydrogens is 354 g/mol. The van der Waals surface area contributed by atoms with Gasteiger partial charge in [0.15, 0.2) is 0 Å². The number of ether oxygens (including phenoxy) is 1. The van der Waals surface area contributed by atoms with Gasteiger partial charge in [0.05, 0.1) is 11.7 Å². The number of nitrogen functional groups attached to an aromatic ring is 1. The Morgan fingerprint density at radius 2 is 1.89 bits per heavy atom. The van der Waals surface area contributed by atoms with E-state index in [-0.39, 0.29) is 12.1 Å². The van der Waals surface area contributed by atoms with Crippen LogP contribution in [0.4, 0.5) is 16.6 Å². The van der Waals surface area contributed by atoms with Gasteiger partial charge in [0.25, 0.3) is 0 Å². The van der Waals surface area contributed by atoms with E-state index in [9.17, 15) is 4.79 Å². The molecule has 154 valence electrons. The van der Waals surface area contributed by atoms with Crippen molar-refractivity contribution in [3.05, 3.63) is 11.3 Å². The maximum atomic E-state index is 12.3. The first-order chi connectivity index (χ1) is 13.2. The fourth-order valence-electron chi connectivity index (χ4n) is 4.91. The fraction of sp³-hybridized carbons (Fsp3) is 0.762. The average Bonchev–Trinajstić information content (AvgIpc) is 2.58. The predicted octanol–water partition coefficient (Wildman–Crippen LogP) is 3.33. The van der Waals surface area contributed by atoms with E-state index in [4.69, 9.17) is 10.5 Å². The molecule has 4 rings (SSSR count). The van der Waals surface area contributed by atoms with Gasteiger partial charge < -0.3 is 20.3 Å². The number of hydrogen-bond acceptors (Lipinski definition) is 6. The summed E-state index contributed by atoms with van der Waals surface area (Å²) in [6, 6.07) is 0.132.